The zero-order chi connectivity index (χ0) is 15.9. The normalized spacial score (nSPS) is 10.4. The van der Waals surface area contributed by atoms with Gasteiger partial charge in [0.05, 0.1) is 11.5 Å². The van der Waals surface area contributed by atoms with Crippen LogP contribution in [0.3, 0.4) is 0 Å². The average Bonchev–Trinajstić information content (AvgIpc) is 2.96. The van der Waals surface area contributed by atoms with Gasteiger partial charge in [0.15, 0.2) is 5.82 Å². The predicted molar refractivity (Wildman–Crippen MR) is 78.0 cm³/mol. The Kier molecular flexibility index (Phi) is 5.18. The molecule has 0 atom stereocenters. The molecule has 0 saturated carbocycles. The van der Waals surface area contributed by atoms with Crippen LogP contribution in [0.15, 0.2) is 30.6 Å². The number of ether oxygens (including phenoxy) is 1. The summed E-state index contributed by atoms with van der Waals surface area (Å²) in [6, 6.07) is 6.02. The van der Waals surface area contributed by atoms with Crippen molar-refractivity contribution >= 4 is 11.7 Å². The third-order valence-electron chi connectivity index (χ3n) is 2.90. The first-order valence-corrected chi connectivity index (χ1v) is 6.90. The van der Waals surface area contributed by atoms with E-state index in [1.54, 1.807) is 12.1 Å². The van der Waals surface area contributed by atoms with E-state index >= 15 is 0 Å². The summed E-state index contributed by atoms with van der Waals surface area (Å²) in [5.74, 6) is -0.0611. The zero-order valence-electron chi connectivity index (χ0n) is 12.1. The highest BCUT2D eigenvalue weighted by Gasteiger charge is 2.11. The van der Waals surface area contributed by atoms with E-state index < -0.39 is 4.92 Å². The Morgan fingerprint density at radius 3 is 3.00 bits per heavy atom. The molecular formula is C14H16N4O4. The summed E-state index contributed by atoms with van der Waals surface area (Å²) >= 11 is 0. The minimum Gasteiger partial charge on any atom is -0.464 e. The van der Waals surface area contributed by atoms with E-state index in [4.69, 9.17) is 4.74 Å². The second-order valence-corrected chi connectivity index (χ2v) is 4.65. The number of carbonyl (C=O) groups excluding carboxylic acids is 1. The Morgan fingerprint density at radius 2 is 2.27 bits per heavy atom. The van der Waals surface area contributed by atoms with Crippen molar-refractivity contribution in [2.45, 2.75) is 26.3 Å². The maximum absolute atomic E-state index is 11.6. The van der Waals surface area contributed by atoms with Gasteiger partial charge in [-0.25, -0.2) is 9.67 Å². The fourth-order valence-corrected chi connectivity index (χ4v) is 1.77. The number of nitro benzene ring substituents is 1. The molecule has 1 heterocycles. The van der Waals surface area contributed by atoms with Crippen LogP contribution in [0.5, 0.6) is 0 Å². The minimum atomic E-state index is -0.481. The molecule has 22 heavy (non-hydrogen) atoms. The molecule has 0 fully saturated rings. The highest BCUT2D eigenvalue weighted by atomic mass is 16.6. The fraction of sp³-hybridized carbons (Fsp3) is 0.357. The van der Waals surface area contributed by atoms with Gasteiger partial charge in [-0.3, -0.25) is 14.9 Å². The highest BCUT2D eigenvalue weighted by Crippen LogP contribution is 2.20. The van der Waals surface area contributed by atoms with Gasteiger partial charge in [0.1, 0.15) is 12.9 Å². The lowest BCUT2D eigenvalue weighted by molar-refractivity contribution is -0.384. The lowest BCUT2D eigenvalue weighted by Gasteiger charge is -2.03. The summed E-state index contributed by atoms with van der Waals surface area (Å²) < 4.78 is 6.38. The van der Waals surface area contributed by atoms with Crippen LogP contribution in [0.4, 0.5) is 5.69 Å². The molecule has 0 spiro atoms. The second-order valence-electron chi connectivity index (χ2n) is 4.65. The first-order valence-electron chi connectivity index (χ1n) is 6.90. The summed E-state index contributed by atoms with van der Waals surface area (Å²) in [5, 5.41) is 14.9. The van der Waals surface area contributed by atoms with Crippen LogP contribution in [0.25, 0.3) is 11.4 Å². The van der Waals surface area contributed by atoms with Gasteiger partial charge < -0.3 is 4.74 Å². The van der Waals surface area contributed by atoms with Gasteiger partial charge in [0.2, 0.25) is 0 Å². The Bertz CT molecular complexity index is 668. The molecule has 0 unspecified atom stereocenters. The molecule has 116 valence electrons. The van der Waals surface area contributed by atoms with Crippen molar-refractivity contribution in [3.63, 3.8) is 0 Å². The molecule has 0 aliphatic rings. The number of non-ortho nitro benzene ring substituents is 1. The number of esters is 1. The molecule has 0 bridgehead atoms. The Hall–Kier alpha value is -2.77. The van der Waals surface area contributed by atoms with Crippen molar-refractivity contribution in [3.8, 4) is 11.4 Å². The molecule has 2 aromatic rings. The number of nitrogens with zero attached hydrogens (tertiary/aromatic N) is 4. The van der Waals surface area contributed by atoms with Crippen LogP contribution in [0, 0.1) is 10.1 Å². The molecule has 0 N–H and O–H groups in total. The Balaban J connectivity index is 2.03. The predicted octanol–water partition coefficient (Wildman–Crippen LogP) is 2.20. The molecule has 1 aromatic carbocycles. The zero-order valence-corrected chi connectivity index (χ0v) is 12.1. The maximum atomic E-state index is 11.6. The van der Waals surface area contributed by atoms with Crippen molar-refractivity contribution < 1.29 is 14.5 Å². The van der Waals surface area contributed by atoms with Crippen LogP contribution in [0.2, 0.25) is 0 Å². The molecule has 0 amide bonds. The molecule has 1 aromatic heterocycles. The van der Waals surface area contributed by atoms with Gasteiger partial charge in [0.25, 0.3) is 5.69 Å². The van der Waals surface area contributed by atoms with Crippen molar-refractivity contribution in [1.82, 2.24) is 14.8 Å². The molecule has 8 nitrogen and oxygen atoms in total. The summed E-state index contributed by atoms with van der Waals surface area (Å²) in [4.78, 5) is 25.9. The third kappa shape index (κ3) is 4.11. The number of aromatic nitrogens is 3. The largest absolute Gasteiger partial charge is 0.464 e. The van der Waals surface area contributed by atoms with E-state index in [-0.39, 0.29) is 18.2 Å². The first kappa shape index (κ1) is 15.6. The maximum Gasteiger partial charge on any atom is 0.327 e. The summed E-state index contributed by atoms with van der Waals surface area (Å²) in [7, 11) is 0. The molecule has 0 saturated heterocycles. The summed E-state index contributed by atoms with van der Waals surface area (Å²) in [6.45, 7) is 2.37. The lowest BCUT2D eigenvalue weighted by Crippen LogP contribution is -2.14. The lowest BCUT2D eigenvalue weighted by atomic mass is 10.2. The molecular weight excluding hydrogens is 288 g/mol. The monoisotopic (exact) mass is 304 g/mol. The average molecular weight is 304 g/mol. The van der Waals surface area contributed by atoms with E-state index in [2.05, 4.69) is 10.1 Å². The summed E-state index contributed by atoms with van der Waals surface area (Å²) in [5.41, 5.74) is 0.486. The first-order chi connectivity index (χ1) is 10.6. The quantitative estimate of drug-likeness (QED) is 0.336. The van der Waals surface area contributed by atoms with Crippen LogP contribution in [0.1, 0.15) is 19.8 Å². The second kappa shape index (κ2) is 7.30. The number of benzene rings is 1. The Labute approximate surface area is 126 Å². The molecule has 0 aliphatic heterocycles. The number of unbranched alkanes of at least 4 members (excludes halogenated alkanes) is 1. The molecule has 0 radical (unpaired) electrons. The third-order valence-corrected chi connectivity index (χ3v) is 2.90. The van der Waals surface area contributed by atoms with Crippen LogP contribution >= 0.6 is 0 Å². The van der Waals surface area contributed by atoms with Gasteiger partial charge in [-0.15, -0.1) is 0 Å². The van der Waals surface area contributed by atoms with E-state index in [9.17, 15) is 14.9 Å². The Morgan fingerprint density at radius 1 is 1.45 bits per heavy atom. The number of nitro groups is 1. The van der Waals surface area contributed by atoms with Crippen LogP contribution < -0.4 is 0 Å². The van der Waals surface area contributed by atoms with Crippen molar-refractivity contribution in [2.24, 2.45) is 0 Å². The summed E-state index contributed by atoms with van der Waals surface area (Å²) in [6.07, 6.45) is 3.17. The minimum absolute atomic E-state index is 0.0344. The van der Waals surface area contributed by atoms with Gasteiger partial charge >= 0.3 is 5.97 Å². The number of rotatable bonds is 7. The van der Waals surface area contributed by atoms with Gasteiger partial charge in [0, 0.05) is 17.7 Å². The van der Waals surface area contributed by atoms with E-state index in [0.29, 0.717) is 18.0 Å². The van der Waals surface area contributed by atoms with Crippen molar-refractivity contribution in [2.75, 3.05) is 6.61 Å². The topological polar surface area (TPSA) is 100 Å². The molecule has 0 aliphatic carbocycles. The van der Waals surface area contributed by atoms with E-state index in [0.717, 1.165) is 12.8 Å². The number of hydrogen-bond acceptors (Lipinski definition) is 6. The molecule has 8 heteroatoms. The van der Waals surface area contributed by atoms with Gasteiger partial charge in [-0.2, -0.15) is 5.10 Å². The van der Waals surface area contributed by atoms with E-state index in [1.165, 1.54) is 23.1 Å². The SMILES string of the molecule is CCCCOC(=O)Cn1cnc(-c2cccc([N+](=O)[O-])c2)n1. The van der Waals surface area contributed by atoms with Crippen molar-refractivity contribution in [3.05, 3.63) is 40.7 Å². The molecule has 2 rings (SSSR count). The fourth-order valence-electron chi connectivity index (χ4n) is 1.77. The van der Waals surface area contributed by atoms with E-state index in [1.807, 2.05) is 6.92 Å². The van der Waals surface area contributed by atoms with Gasteiger partial charge in [-0.1, -0.05) is 25.5 Å². The number of hydrogen-bond donors (Lipinski definition) is 0. The van der Waals surface area contributed by atoms with Crippen molar-refractivity contribution in [1.29, 1.82) is 0 Å². The van der Waals surface area contributed by atoms with Crippen LogP contribution in [-0.4, -0.2) is 32.3 Å². The van der Waals surface area contributed by atoms with Gasteiger partial charge in [-0.05, 0) is 6.42 Å². The van der Waals surface area contributed by atoms with Crippen LogP contribution in [-0.2, 0) is 16.1 Å². The number of carbonyl (C=O) groups is 1. The standard InChI is InChI=1S/C14H16N4O4/c1-2-3-7-22-13(19)9-17-10-15-14(16-17)11-5-4-6-12(8-11)18(20)21/h4-6,8,10H,2-3,7,9H2,1H3. The highest BCUT2D eigenvalue weighted by molar-refractivity contribution is 5.69. The smallest absolute Gasteiger partial charge is 0.327 e.